The van der Waals surface area contributed by atoms with Gasteiger partial charge >= 0.3 is 0 Å². The van der Waals surface area contributed by atoms with Crippen molar-refractivity contribution >= 4 is 39.8 Å². The van der Waals surface area contributed by atoms with Crippen LogP contribution in [-0.4, -0.2) is 60.4 Å². The number of ether oxygens (including phenoxy) is 1. The Kier molecular flexibility index (Phi) is 6.66. The molecule has 1 fully saturated rings. The summed E-state index contributed by atoms with van der Waals surface area (Å²) in [5.41, 5.74) is 2.35. The Hall–Kier alpha value is -2.73. The molecular formula is C25H28ClN3O2. The van der Waals surface area contributed by atoms with Crippen molar-refractivity contribution in [2.45, 2.75) is 6.10 Å². The van der Waals surface area contributed by atoms with E-state index in [2.05, 4.69) is 57.2 Å². The maximum absolute atomic E-state index is 10.5. The minimum absolute atomic E-state index is 0. The Balaban J connectivity index is 0.00000231. The number of β-amino-alcohol motifs (C(OH)–C–C–N with tert-alkyl or cyclic N) is 1. The number of aromatic nitrogens is 1. The van der Waals surface area contributed by atoms with Crippen LogP contribution in [-0.2, 0) is 0 Å². The number of piperazine rings is 1. The van der Waals surface area contributed by atoms with Gasteiger partial charge in [-0.2, -0.15) is 0 Å². The van der Waals surface area contributed by atoms with Crippen LogP contribution in [0.4, 0.5) is 5.69 Å². The van der Waals surface area contributed by atoms with Crippen LogP contribution in [0.5, 0.6) is 5.75 Å². The lowest BCUT2D eigenvalue weighted by Gasteiger charge is -2.37. The van der Waals surface area contributed by atoms with Crippen LogP contribution in [0.25, 0.3) is 21.7 Å². The highest BCUT2D eigenvalue weighted by Crippen LogP contribution is 2.28. The molecule has 1 aromatic heterocycles. The van der Waals surface area contributed by atoms with Crippen molar-refractivity contribution in [3.8, 4) is 5.75 Å². The van der Waals surface area contributed by atoms with Crippen LogP contribution in [0.3, 0.4) is 0 Å². The molecule has 1 atom stereocenters. The number of aliphatic hydroxyl groups is 1. The number of hydrogen-bond donors (Lipinski definition) is 2. The SMILES string of the molecule is Cl.O[C@H](COc1cccc2[nH]ccc12)CN1CCN(c2cccc3ccccc23)CC1. The normalized spacial score (nSPS) is 15.7. The highest BCUT2D eigenvalue weighted by atomic mass is 35.5. The summed E-state index contributed by atoms with van der Waals surface area (Å²) in [5, 5.41) is 14.2. The summed E-state index contributed by atoms with van der Waals surface area (Å²) in [6.45, 7) is 4.73. The number of benzene rings is 3. The standard InChI is InChI=1S/C25H27N3O2.ClH/c29-20(18-30-25-10-4-8-23-22(25)11-12-26-23)17-27-13-15-28(16-14-27)24-9-3-6-19-5-1-2-7-21(19)24;/h1-12,20,26,29H,13-18H2;1H/t20-;/m0./s1. The zero-order chi connectivity index (χ0) is 20.3. The number of aromatic amines is 1. The monoisotopic (exact) mass is 437 g/mol. The Labute approximate surface area is 188 Å². The number of halogens is 1. The van der Waals surface area contributed by atoms with Crippen molar-refractivity contribution in [2.24, 2.45) is 0 Å². The van der Waals surface area contributed by atoms with Crippen LogP contribution in [0.1, 0.15) is 0 Å². The molecule has 0 bridgehead atoms. The molecule has 0 radical (unpaired) electrons. The number of rotatable bonds is 6. The minimum atomic E-state index is -0.511. The first kappa shape index (κ1) is 21.5. The summed E-state index contributed by atoms with van der Waals surface area (Å²) in [4.78, 5) is 7.97. The van der Waals surface area contributed by atoms with Gasteiger partial charge in [0.1, 0.15) is 18.5 Å². The third-order valence-electron chi connectivity index (χ3n) is 5.93. The van der Waals surface area contributed by atoms with Gasteiger partial charge in [0.05, 0.1) is 0 Å². The molecule has 6 heteroatoms. The van der Waals surface area contributed by atoms with Crippen molar-refractivity contribution in [1.82, 2.24) is 9.88 Å². The van der Waals surface area contributed by atoms with Gasteiger partial charge in [0.15, 0.2) is 0 Å². The Morgan fingerprint density at radius 1 is 0.871 bits per heavy atom. The fraction of sp³-hybridized carbons (Fsp3) is 0.280. The summed E-state index contributed by atoms with van der Waals surface area (Å²) in [5.74, 6) is 0.813. The number of aliphatic hydroxyl groups excluding tert-OH is 1. The van der Waals surface area contributed by atoms with Gasteiger partial charge in [-0.15, -0.1) is 12.4 Å². The lowest BCUT2D eigenvalue weighted by Crippen LogP contribution is -2.49. The summed E-state index contributed by atoms with van der Waals surface area (Å²) in [6.07, 6.45) is 1.40. The summed E-state index contributed by atoms with van der Waals surface area (Å²) in [6, 6.07) is 23.0. The van der Waals surface area contributed by atoms with E-state index < -0.39 is 6.10 Å². The molecular weight excluding hydrogens is 410 g/mol. The predicted octanol–water partition coefficient (Wildman–Crippen LogP) is 4.30. The third kappa shape index (κ3) is 4.64. The first-order chi connectivity index (χ1) is 14.8. The Bertz CT molecular complexity index is 1130. The fourth-order valence-corrected chi connectivity index (χ4v) is 4.37. The highest BCUT2D eigenvalue weighted by Gasteiger charge is 2.21. The van der Waals surface area contributed by atoms with Gasteiger partial charge in [0, 0.05) is 60.9 Å². The minimum Gasteiger partial charge on any atom is -0.490 e. The molecule has 5 nitrogen and oxygen atoms in total. The van der Waals surface area contributed by atoms with Gasteiger partial charge < -0.3 is 19.7 Å². The molecule has 0 unspecified atom stereocenters. The number of nitrogens with one attached hydrogen (secondary N) is 1. The van der Waals surface area contributed by atoms with Gasteiger partial charge in [-0.3, -0.25) is 4.90 Å². The van der Waals surface area contributed by atoms with Crippen molar-refractivity contribution in [3.63, 3.8) is 0 Å². The largest absolute Gasteiger partial charge is 0.490 e. The molecule has 0 amide bonds. The molecule has 2 N–H and O–H groups in total. The molecule has 0 saturated carbocycles. The lowest BCUT2D eigenvalue weighted by atomic mass is 10.1. The second-order valence-corrected chi connectivity index (χ2v) is 7.95. The van der Waals surface area contributed by atoms with Gasteiger partial charge in [0.25, 0.3) is 0 Å². The van der Waals surface area contributed by atoms with E-state index in [1.165, 1.54) is 16.5 Å². The van der Waals surface area contributed by atoms with Crippen molar-refractivity contribution in [3.05, 3.63) is 72.9 Å². The van der Waals surface area contributed by atoms with E-state index in [9.17, 15) is 5.11 Å². The van der Waals surface area contributed by atoms with E-state index in [1.807, 2.05) is 30.5 Å². The van der Waals surface area contributed by atoms with Crippen molar-refractivity contribution in [1.29, 1.82) is 0 Å². The maximum Gasteiger partial charge on any atom is 0.128 e. The molecule has 4 aromatic rings. The molecule has 3 aromatic carbocycles. The second kappa shape index (κ2) is 9.60. The molecule has 1 aliphatic heterocycles. The first-order valence-corrected chi connectivity index (χ1v) is 10.6. The molecule has 31 heavy (non-hydrogen) atoms. The zero-order valence-electron chi connectivity index (χ0n) is 17.4. The number of hydrogen-bond acceptors (Lipinski definition) is 4. The predicted molar refractivity (Wildman–Crippen MR) is 130 cm³/mol. The first-order valence-electron chi connectivity index (χ1n) is 10.6. The smallest absolute Gasteiger partial charge is 0.128 e. The van der Waals surface area contributed by atoms with Crippen LogP contribution in [0, 0.1) is 0 Å². The Morgan fingerprint density at radius 3 is 2.52 bits per heavy atom. The molecule has 0 spiro atoms. The molecule has 0 aliphatic carbocycles. The van der Waals surface area contributed by atoms with Crippen LogP contribution < -0.4 is 9.64 Å². The quantitative estimate of drug-likeness (QED) is 0.472. The number of nitrogens with zero attached hydrogens (tertiary/aromatic N) is 2. The topological polar surface area (TPSA) is 51.7 Å². The summed E-state index contributed by atoms with van der Waals surface area (Å²) >= 11 is 0. The van der Waals surface area contributed by atoms with Gasteiger partial charge in [-0.25, -0.2) is 0 Å². The van der Waals surface area contributed by atoms with Crippen LogP contribution >= 0.6 is 12.4 Å². The van der Waals surface area contributed by atoms with E-state index in [-0.39, 0.29) is 12.4 Å². The third-order valence-corrected chi connectivity index (χ3v) is 5.93. The number of H-pyrrole nitrogens is 1. The highest BCUT2D eigenvalue weighted by molar-refractivity contribution is 5.94. The van der Waals surface area contributed by atoms with Crippen molar-refractivity contribution in [2.75, 3.05) is 44.2 Å². The van der Waals surface area contributed by atoms with Crippen LogP contribution in [0.15, 0.2) is 72.9 Å². The number of anilines is 1. The average molecular weight is 438 g/mol. The van der Waals surface area contributed by atoms with E-state index >= 15 is 0 Å². The summed E-state index contributed by atoms with van der Waals surface area (Å²) < 4.78 is 5.91. The average Bonchev–Trinajstić information content (AvgIpc) is 3.27. The molecule has 1 aliphatic rings. The van der Waals surface area contributed by atoms with E-state index in [0.717, 1.165) is 42.8 Å². The maximum atomic E-state index is 10.5. The zero-order valence-corrected chi connectivity index (χ0v) is 18.2. The van der Waals surface area contributed by atoms with Crippen molar-refractivity contribution < 1.29 is 9.84 Å². The van der Waals surface area contributed by atoms with E-state index in [1.54, 1.807) is 0 Å². The van der Waals surface area contributed by atoms with Gasteiger partial charge in [-0.1, -0.05) is 42.5 Å². The Morgan fingerprint density at radius 2 is 1.65 bits per heavy atom. The molecule has 1 saturated heterocycles. The van der Waals surface area contributed by atoms with Gasteiger partial charge in [0.2, 0.25) is 0 Å². The molecule has 162 valence electrons. The second-order valence-electron chi connectivity index (χ2n) is 7.95. The molecule has 2 heterocycles. The van der Waals surface area contributed by atoms with Crippen LogP contribution in [0.2, 0.25) is 0 Å². The summed E-state index contributed by atoms with van der Waals surface area (Å²) in [7, 11) is 0. The fourth-order valence-electron chi connectivity index (χ4n) is 4.37. The van der Waals surface area contributed by atoms with E-state index in [4.69, 9.17) is 4.74 Å². The van der Waals surface area contributed by atoms with E-state index in [0.29, 0.717) is 13.2 Å². The lowest BCUT2D eigenvalue weighted by molar-refractivity contribution is 0.0668. The molecule has 5 rings (SSSR count). The number of fused-ring (bicyclic) bond motifs is 2. The van der Waals surface area contributed by atoms with Gasteiger partial charge in [-0.05, 0) is 29.7 Å².